The fourth-order valence-electron chi connectivity index (χ4n) is 2.17. The molecule has 1 N–H and O–H groups in total. The maximum absolute atomic E-state index is 12.1. The van der Waals surface area contributed by atoms with Gasteiger partial charge in [-0.3, -0.25) is 0 Å². The first-order valence-electron chi connectivity index (χ1n) is 6.17. The number of halogens is 1. The smallest absolute Gasteiger partial charge is 0.339 e. The zero-order valence-corrected chi connectivity index (χ0v) is 13.1. The average Bonchev–Trinajstić information content (AvgIpc) is 2.46. The van der Waals surface area contributed by atoms with Crippen LogP contribution in [0.3, 0.4) is 0 Å². The van der Waals surface area contributed by atoms with Crippen molar-refractivity contribution in [1.82, 2.24) is 0 Å². The Hall–Kier alpha value is -2.14. The van der Waals surface area contributed by atoms with Crippen molar-refractivity contribution >= 4 is 27.9 Å². The van der Waals surface area contributed by atoms with E-state index < -0.39 is 11.9 Å². The molecule has 2 rings (SSSR count). The molecule has 0 amide bonds. The van der Waals surface area contributed by atoms with Crippen LogP contribution in [0.4, 0.5) is 0 Å². The molecule has 0 aliphatic carbocycles. The number of hydrogen-bond donors (Lipinski definition) is 1. The van der Waals surface area contributed by atoms with Crippen LogP contribution in [-0.4, -0.2) is 24.2 Å². The summed E-state index contributed by atoms with van der Waals surface area (Å²) in [6.07, 6.45) is 0. The van der Waals surface area contributed by atoms with Gasteiger partial charge in [-0.25, -0.2) is 9.59 Å². The van der Waals surface area contributed by atoms with Gasteiger partial charge in [0.2, 0.25) is 0 Å². The summed E-state index contributed by atoms with van der Waals surface area (Å²) in [4.78, 5) is 23.5. The molecule has 0 aromatic heterocycles. The highest BCUT2D eigenvalue weighted by Gasteiger charge is 2.24. The number of aromatic carboxylic acids is 1. The SMILES string of the molecule is COC(=O)c1c(-c2ccc(Br)cc2)ccc(C)c1C(=O)O. The van der Waals surface area contributed by atoms with Crippen molar-refractivity contribution in [2.24, 2.45) is 0 Å². The lowest BCUT2D eigenvalue weighted by Gasteiger charge is -2.13. The fraction of sp³-hybridized carbons (Fsp3) is 0.125. The predicted octanol–water partition coefficient (Wildman–Crippen LogP) is 3.91. The summed E-state index contributed by atoms with van der Waals surface area (Å²) < 4.78 is 5.66. The van der Waals surface area contributed by atoms with Gasteiger partial charge in [-0.05, 0) is 35.7 Å². The minimum atomic E-state index is -1.15. The Morgan fingerprint density at radius 1 is 1.05 bits per heavy atom. The van der Waals surface area contributed by atoms with Gasteiger partial charge in [-0.2, -0.15) is 0 Å². The van der Waals surface area contributed by atoms with Crippen molar-refractivity contribution in [3.8, 4) is 11.1 Å². The van der Waals surface area contributed by atoms with E-state index in [4.69, 9.17) is 4.74 Å². The van der Waals surface area contributed by atoms with Crippen molar-refractivity contribution < 1.29 is 19.4 Å². The van der Waals surface area contributed by atoms with E-state index in [0.29, 0.717) is 11.1 Å². The van der Waals surface area contributed by atoms with Crippen LogP contribution in [-0.2, 0) is 4.74 Å². The van der Waals surface area contributed by atoms with Crippen LogP contribution >= 0.6 is 15.9 Å². The number of rotatable bonds is 3. The van der Waals surface area contributed by atoms with E-state index >= 15 is 0 Å². The predicted molar refractivity (Wildman–Crippen MR) is 82.6 cm³/mol. The first-order valence-corrected chi connectivity index (χ1v) is 6.96. The highest BCUT2D eigenvalue weighted by atomic mass is 79.9. The molecule has 0 spiro atoms. The van der Waals surface area contributed by atoms with Crippen LogP contribution in [0, 0.1) is 6.92 Å². The monoisotopic (exact) mass is 348 g/mol. The van der Waals surface area contributed by atoms with Crippen LogP contribution in [0.1, 0.15) is 26.3 Å². The van der Waals surface area contributed by atoms with Gasteiger partial charge in [0.15, 0.2) is 0 Å². The van der Waals surface area contributed by atoms with E-state index in [1.54, 1.807) is 19.1 Å². The Labute approximate surface area is 130 Å². The summed E-state index contributed by atoms with van der Waals surface area (Å²) in [5.74, 6) is -1.80. The number of carbonyl (C=O) groups is 2. The molecule has 0 heterocycles. The van der Waals surface area contributed by atoms with Gasteiger partial charge < -0.3 is 9.84 Å². The number of hydrogen-bond acceptors (Lipinski definition) is 3. The van der Waals surface area contributed by atoms with Crippen molar-refractivity contribution in [2.45, 2.75) is 6.92 Å². The molecule has 21 heavy (non-hydrogen) atoms. The molecule has 0 saturated carbocycles. The van der Waals surface area contributed by atoms with E-state index in [9.17, 15) is 14.7 Å². The average molecular weight is 349 g/mol. The van der Waals surface area contributed by atoms with Crippen molar-refractivity contribution in [1.29, 1.82) is 0 Å². The molecule has 0 unspecified atom stereocenters. The van der Waals surface area contributed by atoms with Gasteiger partial charge >= 0.3 is 11.9 Å². The summed E-state index contributed by atoms with van der Waals surface area (Å²) in [7, 11) is 1.24. The molecular formula is C16H13BrO4. The third-order valence-electron chi connectivity index (χ3n) is 3.17. The molecule has 5 heteroatoms. The lowest BCUT2D eigenvalue weighted by molar-refractivity contribution is 0.0583. The molecule has 0 atom stereocenters. The number of benzene rings is 2. The van der Waals surface area contributed by atoms with Crippen LogP contribution in [0.5, 0.6) is 0 Å². The zero-order valence-electron chi connectivity index (χ0n) is 11.5. The number of carbonyl (C=O) groups excluding carboxylic acids is 1. The van der Waals surface area contributed by atoms with E-state index in [1.807, 2.05) is 24.3 Å². The first-order chi connectivity index (χ1) is 9.95. The van der Waals surface area contributed by atoms with E-state index in [0.717, 1.165) is 10.0 Å². The van der Waals surface area contributed by atoms with Crippen molar-refractivity contribution in [3.63, 3.8) is 0 Å². The number of aryl methyl sites for hydroxylation is 1. The molecule has 0 bridgehead atoms. The number of ether oxygens (including phenoxy) is 1. The fourth-order valence-corrected chi connectivity index (χ4v) is 2.43. The number of carboxylic acid groups (broad SMARTS) is 1. The van der Waals surface area contributed by atoms with E-state index in [1.165, 1.54) is 7.11 Å². The Bertz CT molecular complexity index is 705. The summed E-state index contributed by atoms with van der Waals surface area (Å²) in [6, 6.07) is 10.7. The molecule has 0 saturated heterocycles. The summed E-state index contributed by atoms with van der Waals surface area (Å²) in [6.45, 7) is 1.65. The molecule has 2 aromatic carbocycles. The third kappa shape index (κ3) is 2.97. The van der Waals surface area contributed by atoms with Crippen LogP contribution in [0.2, 0.25) is 0 Å². The lowest BCUT2D eigenvalue weighted by atomic mass is 9.92. The Morgan fingerprint density at radius 3 is 2.19 bits per heavy atom. The quantitative estimate of drug-likeness (QED) is 0.854. The van der Waals surface area contributed by atoms with Crippen LogP contribution < -0.4 is 0 Å². The van der Waals surface area contributed by atoms with Crippen molar-refractivity contribution in [3.05, 3.63) is 57.6 Å². The second kappa shape index (κ2) is 6.10. The minimum absolute atomic E-state index is 0.0257. The summed E-state index contributed by atoms with van der Waals surface area (Å²) in [5, 5.41) is 9.39. The second-order valence-corrected chi connectivity index (χ2v) is 5.40. The molecule has 0 radical (unpaired) electrons. The highest BCUT2D eigenvalue weighted by molar-refractivity contribution is 9.10. The number of methoxy groups -OCH3 is 1. The molecular weight excluding hydrogens is 336 g/mol. The zero-order chi connectivity index (χ0) is 15.6. The van der Waals surface area contributed by atoms with E-state index in [-0.39, 0.29) is 11.1 Å². The first kappa shape index (κ1) is 15.3. The highest BCUT2D eigenvalue weighted by Crippen LogP contribution is 2.30. The summed E-state index contributed by atoms with van der Waals surface area (Å²) >= 11 is 3.34. The molecule has 0 fully saturated rings. The largest absolute Gasteiger partial charge is 0.478 e. The van der Waals surface area contributed by atoms with Gasteiger partial charge in [0.25, 0.3) is 0 Å². The maximum Gasteiger partial charge on any atom is 0.339 e. The number of carboxylic acids is 1. The molecule has 2 aromatic rings. The topological polar surface area (TPSA) is 63.6 Å². The maximum atomic E-state index is 12.1. The van der Waals surface area contributed by atoms with Gasteiger partial charge in [0.05, 0.1) is 18.2 Å². The van der Waals surface area contributed by atoms with E-state index in [2.05, 4.69) is 15.9 Å². The Kier molecular flexibility index (Phi) is 4.43. The van der Waals surface area contributed by atoms with Gasteiger partial charge in [0, 0.05) is 4.47 Å². The standard InChI is InChI=1S/C16H13BrO4/c1-9-3-8-12(10-4-6-11(17)7-5-10)14(16(20)21-2)13(9)15(18)19/h3-8H,1-2H3,(H,18,19). The second-order valence-electron chi connectivity index (χ2n) is 4.48. The minimum Gasteiger partial charge on any atom is -0.478 e. The van der Waals surface area contributed by atoms with Crippen molar-refractivity contribution in [2.75, 3.05) is 7.11 Å². The van der Waals surface area contributed by atoms with Gasteiger partial charge in [0.1, 0.15) is 0 Å². The molecule has 0 aliphatic heterocycles. The Morgan fingerprint density at radius 2 is 1.67 bits per heavy atom. The van der Waals surface area contributed by atoms with Crippen LogP contribution in [0.25, 0.3) is 11.1 Å². The summed E-state index contributed by atoms with van der Waals surface area (Å²) in [5.41, 5.74) is 1.86. The molecule has 108 valence electrons. The van der Waals surface area contributed by atoms with Gasteiger partial charge in [-0.15, -0.1) is 0 Å². The number of esters is 1. The lowest BCUT2D eigenvalue weighted by Crippen LogP contribution is -2.13. The normalized spacial score (nSPS) is 10.2. The van der Waals surface area contributed by atoms with Crippen LogP contribution in [0.15, 0.2) is 40.9 Å². The Balaban J connectivity index is 2.77. The third-order valence-corrected chi connectivity index (χ3v) is 3.70. The molecule has 4 nitrogen and oxygen atoms in total. The van der Waals surface area contributed by atoms with Gasteiger partial charge in [-0.1, -0.05) is 40.2 Å². The molecule has 0 aliphatic rings.